The number of rotatable bonds is 4. The summed E-state index contributed by atoms with van der Waals surface area (Å²) >= 11 is 7.22. The van der Waals surface area contributed by atoms with Crippen molar-refractivity contribution in [1.82, 2.24) is 10.6 Å². The smallest absolute Gasteiger partial charge is 0.315 e. The predicted octanol–water partition coefficient (Wildman–Crippen LogP) is 1.75. The van der Waals surface area contributed by atoms with Crippen molar-refractivity contribution in [3.8, 4) is 0 Å². The second-order valence-corrected chi connectivity index (χ2v) is 4.73. The molecule has 1 atom stereocenters. The third-order valence-electron chi connectivity index (χ3n) is 1.77. The Kier molecular flexibility index (Phi) is 4.87. The lowest BCUT2D eigenvalue weighted by molar-refractivity contribution is 0.231. The molecule has 0 aliphatic carbocycles. The molecule has 0 aliphatic heterocycles. The number of carbonyl (C=O) groups is 1. The van der Waals surface area contributed by atoms with E-state index < -0.39 is 0 Å². The first-order valence-electron chi connectivity index (χ1n) is 4.54. The second-order valence-electron chi connectivity index (χ2n) is 2.99. The van der Waals surface area contributed by atoms with Gasteiger partial charge in [-0.1, -0.05) is 11.6 Å². The van der Waals surface area contributed by atoms with E-state index in [1.807, 2.05) is 13.0 Å². The van der Waals surface area contributed by atoms with Crippen LogP contribution >= 0.6 is 22.9 Å². The minimum atomic E-state index is -0.291. The molecule has 1 rings (SSSR count). The first-order valence-corrected chi connectivity index (χ1v) is 5.73. The van der Waals surface area contributed by atoms with Crippen LogP contribution in [-0.4, -0.2) is 24.3 Å². The van der Waals surface area contributed by atoms with Gasteiger partial charge in [0.1, 0.15) is 0 Å². The number of urea groups is 1. The van der Waals surface area contributed by atoms with E-state index in [1.54, 1.807) is 6.07 Å². The summed E-state index contributed by atoms with van der Waals surface area (Å²) in [6.07, 6.45) is 0. The van der Waals surface area contributed by atoms with Gasteiger partial charge < -0.3 is 15.7 Å². The quantitative estimate of drug-likeness (QED) is 0.760. The van der Waals surface area contributed by atoms with E-state index in [2.05, 4.69) is 10.6 Å². The van der Waals surface area contributed by atoms with Crippen molar-refractivity contribution in [3.05, 3.63) is 21.3 Å². The molecule has 1 aromatic rings. The van der Waals surface area contributed by atoms with Gasteiger partial charge in [0.05, 0.1) is 17.0 Å². The Morgan fingerprint density at radius 3 is 2.93 bits per heavy atom. The molecule has 0 saturated carbocycles. The van der Waals surface area contributed by atoms with E-state index in [9.17, 15) is 4.79 Å². The third kappa shape index (κ3) is 4.07. The van der Waals surface area contributed by atoms with Gasteiger partial charge in [-0.05, 0) is 19.1 Å². The first-order chi connectivity index (χ1) is 7.13. The molecule has 0 fully saturated rings. The summed E-state index contributed by atoms with van der Waals surface area (Å²) in [5.74, 6) is 0. The number of thiophene rings is 1. The topological polar surface area (TPSA) is 61.4 Å². The van der Waals surface area contributed by atoms with Gasteiger partial charge >= 0.3 is 6.03 Å². The van der Waals surface area contributed by atoms with Gasteiger partial charge in [0, 0.05) is 11.4 Å². The summed E-state index contributed by atoms with van der Waals surface area (Å²) in [5.41, 5.74) is 0. The number of hydrogen-bond acceptors (Lipinski definition) is 3. The lowest BCUT2D eigenvalue weighted by Crippen LogP contribution is -2.38. The van der Waals surface area contributed by atoms with Gasteiger partial charge in [0.2, 0.25) is 0 Å². The number of aliphatic hydroxyl groups excluding tert-OH is 1. The molecule has 0 aliphatic rings. The van der Waals surface area contributed by atoms with Gasteiger partial charge in [-0.2, -0.15) is 0 Å². The summed E-state index contributed by atoms with van der Waals surface area (Å²) in [7, 11) is 0. The Morgan fingerprint density at radius 2 is 2.40 bits per heavy atom. The monoisotopic (exact) mass is 248 g/mol. The second kappa shape index (κ2) is 5.95. The Hall–Kier alpha value is -0.780. The standard InChI is InChI=1S/C9H13ClN2O2S/c1-6(7-2-3-8(10)15-7)12-9(14)11-4-5-13/h2-3,6,13H,4-5H2,1H3,(H2,11,12,14). The maximum Gasteiger partial charge on any atom is 0.315 e. The molecule has 15 heavy (non-hydrogen) atoms. The molecule has 2 amide bonds. The molecule has 0 aromatic carbocycles. The van der Waals surface area contributed by atoms with E-state index in [-0.39, 0.29) is 25.2 Å². The van der Waals surface area contributed by atoms with Crippen molar-refractivity contribution >= 4 is 29.0 Å². The number of amides is 2. The highest BCUT2D eigenvalue weighted by molar-refractivity contribution is 7.16. The highest BCUT2D eigenvalue weighted by Gasteiger charge is 2.10. The van der Waals surface area contributed by atoms with E-state index in [1.165, 1.54) is 11.3 Å². The van der Waals surface area contributed by atoms with Gasteiger partial charge in [-0.3, -0.25) is 0 Å². The zero-order valence-corrected chi connectivity index (χ0v) is 9.86. The van der Waals surface area contributed by atoms with Gasteiger partial charge in [0.15, 0.2) is 0 Å². The molecule has 0 spiro atoms. The fraction of sp³-hybridized carbons (Fsp3) is 0.444. The Balaban J connectivity index is 2.41. The van der Waals surface area contributed by atoms with E-state index in [4.69, 9.17) is 16.7 Å². The summed E-state index contributed by atoms with van der Waals surface area (Å²) in [6, 6.07) is 3.30. The number of aliphatic hydroxyl groups is 1. The van der Waals surface area contributed by atoms with Crippen LogP contribution in [0.4, 0.5) is 4.79 Å². The van der Waals surface area contributed by atoms with E-state index in [0.717, 1.165) is 4.88 Å². The van der Waals surface area contributed by atoms with Crippen molar-refractivity contribution in [3.63, 3.8) is 0 Å². The Labute approximate surface area is 97.3 Å². The molecule has 84 valence electrons. The van der Waals surface area contributed by atoms with Crippen LogP contribution in [0, 0.1) is 0 Å². The number of halogens is 1. The van der Waals surface area contributed by atoms with Crippen molar-refractivity contribution in [2.24, 2.45) is 0 Å². The molecule has 0 radical (unpaired) electrons. The summed E-state index contributed by atoms with van der Waals surface area (Å²) in [6.45, 7) is 2.07. The minimum absolute atomic E-state index is 0.0629. The normalized spacial score (nSPS) is 12.2. The number of hydrogen-bond donors (Lipinski definition) is 3. The molecule has 3 N–H and O–H groups in total. The van der Waals surface area contributed by atoms with E-state index in [0.29, 0.717) is 4.34 Å². The maximum absolute atomic E-state index is 11.2. The molecule has 0 bridgehead atoms. The highest BCUT2D eigenvalue weighted by Crippen LogP contribution is 2.26. The first kappa shape index (κ1) is 12.3. The van der Waals surface area contributed by atoms with E-state index >= 15 is 0 Å². The summed E-state index contributed by atoms with van der Waals surface area (Å²) < 4.78 is 0.703. The van der Waals surface area contributed by atoms with Crippen molar-refractivity contribution in [1.29, 1.82) is 0 Å². The molecule has 4 nitrogen and oxygen atoms in total. The molecular weight excluding hydrogens is 236 g/mol. The molecule has 0 saturated heterocycles. The van der Waals surface area contributed by atoms with Gasteiger partial charge in [0.25, 0.3) is 0 Å². The zero-order valence-electron chi connectivity index (χ0n) is 8.29. The largest absolute Gasteiger partial charge is 0.395 e. The van der Waals surface area contributed by atoms with Crippen LogP contribution in [0.3, 0.4) is 0 Å². The lowest BCUT2D eigenvalue weighted by Gasteiger charge is -2.12. The maximum atomic E-state index is 11.2. The number of nitrogens with one attached hydrogen (secondary N) is 2. The van der Waals surface area contributed by atoms with Gasteiger partial charge in [-0.15, -0.1) is 11.3 Å². The van der Waals surface area contributed by atoms with Crippen molar-refractivity contribution in [2.45, 2.75) is 13.0 Å². The average Bonchev–Trinajstić information content (AvgIpc) is 2.61. The Morgan fingerprint density at radius 1 is 1.67 bits per heavy atom. The van der Waals surface area contributed by atoms with Crippen LogP contribution in [0.1, 0.15) is 17.8 Å². The minimum Gasteiger partial charge on any atom is -0.395 e. The van der Waals surface area contributed by atoms with Crippen LogP contribution in [0.5, 0.6) is 0 Å². The van der Waals surface area contributed by atoms with Crippen molar-refractivity contribution < 1.29 is 9.90 Å². The third-order valence-corrected chi connectivity index (χ3v) is 3.18. The van der Waals surface area contributed by atoms with Crippen LogP contribution in [-0.2, 0) is 0 Å². The molecule has 1 unspecified atom stereocenters. The van der Waals surface area contributed by atoms with Crippen LogP contribution in [0.15, 0.2) is 12.1 Å². The molecule has 6 heteroatoms. The van der Waals surface area contributed by atoms with Crippen LogP contribution in [0.25, 0.3) is 0 Å². The average molecular weight is 249 g/mol. The molecule has 1 aromatic heterocycles. The van der Waals surface area contributed by atoms with Crippen molar-refractivity contribution in [2.75, 3.05) is 13.2 Å². The highest BCUT2D eigenvalue weighted by atomic mass is 35.5. The Bertz CT molecular complexity index is 330. The fourth-order valence-electron chi connectivity index (χ4n) is 1.05. The summed E-state index contributed by atoms with van der Waals surface area (Å²) in [5, 5.41) is 13.8. The SMILES string of the molecule is CC(NC(=O)NCCO)c1ccc(Cl)s1. The predicted molar refractivity (Wildman–Crippen MR) is 61.4 cm³/mol. The lowest BCUT2D eigenvalue weighted by atomic mass is 10.3. The molecular formula is C9H13ClN2O2S. The summed E-state index contributed by atoms with van der Waals surface area (Å²) in [4.78, 5) is 12.2. The van der Waals surface area contributed by atoms with Gasteiger partial charge in [-0.25, -0.2) is 4.79 Å². The number of carbonyl (C=O) groups excluding carboxylic acids is 1. The van der Waals surface area contributed by atoms with Crippen LogP contribution in [0.2, 0.25) is 4.34 Å². The zero-order chi connectivity index (χ0) is 11.3. The molecule has 1 heterocycles. The van der Waals surface area contributed by atoms with Crippen LogP contribution < -0.4 is 10.6 Å². The fourth-order valence-corrected chi connectivity index (χ4v) is 2.11.